The average Bonchev–Trinajstić information content (AvgIpc) is 3.16. The van der Waals surface area contributed by atoms with E-state index in [0.29, 0.717) is 23.6 Å². The first kappa shape index (κ1) is 23.9. The molecule has 0 fully saturated rings. The molecule has 2 heterocycles. The Morgan fingerprint density at radius 2 is 1.75 bits per heavy atom. The summed E-state index contributed by atoms with van der Waals surface area (Å²) in [5.74, 6) is 1.21. The number of rotatable bonds is 10. The van der Waals surface area contributed by atoms with Gasteiger partial charge < -0.3 is 24.6 Å². The first-order valence-electron chi connectivity index (χ1n) is 11.4. The maximum absolute atomic E-state index is 13.6. The lowest BCUT2D eigenvalue weighted by Crippen LogP contribution is -2.45. The molecule has 8 nitrogen and oxygen atoms in total. The van der Waals surface area contributed by atoms with Crippen molar-refractivity contribution in [1.29, 1.82) is 0 Å². The lowest BCUT2D eigenvalue weighted by atomic mass is 9.95. The summed E-state index contributed by atoms with van der Waals surface area (Å²) in [7, 11) is 4.88. The molecule has 2 aliphatic heterocycles. The Labute approximate surface area is 191 Å². The maximum atomic E-state index is 13.6. The maximum Gasteiger partial charge on any atom is 0.322 e. The van der Waals surface area contributed by atoms with E-state index in [1.54, 1.807) is 32.2 Å². The second-order valence-electron chi connectivity index (χ2n) is 8.40. The van der Waals surface area contributed by atoms with Gasteiger partial charge in [-0.15, -0.1) is 0 Å². The molecular weight excluding hydrogens is 408 g/mol. The van der Waals surface area contributed by atoms with E-state index in [1.807, 2.05) is 17.0 Å². The van der Waals surface area contributed by atoms with Crippen molar-refractivity contribution in [3.63, 3.8) is 0 Å². The van der Waals surface area contributed by atoms with Gasteiger partial charge in [0.15, 0.2) is 0 Å². The number of benzene rings is 1. The predicted octanol–water partition coefficient (Wildman–Crippen LogP) is 3.01. The van der Waals surface area contributed by atoms with Crippen LogP contribution in [0, 0.1) is 0 Å². The molecule has 0 aromatic heterocycles. The summed E-state index contributed by atoms with van der Waals surface area (Å²) in [6.45, 7) is 9.98. The molecule has 1 N–H and O–H groups in total. The second kappa shape index (κ2) is 10.3. The van der Waals surface area contributed by atoms with E-state index >= 15 is 0 Å². The molecule has 0 saturated heterocycles. The lowest BCUT2D eigenvalue weighted by molar-refractivity contribution is -0.127. The van der Waals surface area contributed by atoms with E-state index < -0.39 is 6.04 Å². The summed E-state index contributed by atoms with van der Waals surface area (Å²) in [4.78, 5) is 32.1. The molecule has 2 unspecified atom stereocenters. The highest BCUT2D eigenvalue weighted by molar-refractivity contribution is 6.01. The second-order valence-corrected chi connectivity index (χ2v) is 8.40. The molecule has 176 valence electrons. The van der Waals surface area contributed by atoms with Crippen LogP contribution < -0.4 is 14.8 Å². The Morgan fingerprint density at radius 3 is 2.31 bits per heavy atom. The van der Waals surface area contributed by atoms with Crippen LogP contribution in [0.2, 0.25) is 0 Å². The third-order valence-corrected chi connectivity index (χ3v) is 6.62. The number of carbonyl (C=O) groups excluding carboxylic acids is 2. The molecule has 1 aromatic carbocycles. The molecule has 0 bridgehead atoms. The minimum absolute atomic E-state index is 0.0195. The Hall–Kier alpha value is -2.74. The van der Waals surface area contributed by atoms with Gasteiger partial charge in [0.05, 0.1) is 38.1 Å². The summed E-state index contributed by atoms with van der Waals surface area (Å²) < 4.78 is 10.8. The standard InChI is InChI=1S/C24H36N4O4/c1-7-27(8-2)11-9-10-16(3)28-15-20-21(23(28)29)22(25-24(30)26(20)4)17-12-18(31-5)14-19(13-17)32-6/h12-14,16,22H,7-11,15H2,1-6H3,(H,25,30). The van der Waals surface area contributed by atoms with Gasteiger partial charge in [-0.05, 0) is 57.1 Å². The highest BCUT2D eigenvalue weighted by Gasteiger charge is 2.44. The van der Waals surface area contributed by atoms with Gasteiger partial charge in [0, 0.05) is 19.2 Å². The van der Waals surface area contributed by atoms with Crippen LogP contribution in [-0.4, -0.2) is 80.1 Å². The van der Waals surface area contributed by atoms with Gasteiger partial charge in [0.1, 0.15) is 11.5 Å². The molecular formula is C24H36N4O4. The van der Waals surface area contributed by atoms with Crippen molar-refractivity contribution in [2.75, 3.05) is 47.4 Å². The van der Waals surface area contributed by atoms with Crippen molar-refractivity contribution in [3.05, 3.63) is 35.0 Å². The van der Waals surface area contributed by atoms with Crippen LogP contribution >= 0.6 is 0 Å². The number of ether oxygens (including phenoxy) is 2. The zero-order valence-corrected chi connectivity index (χ0v) is 20.1. The molecule has 2 atom stereocenters. The highest BCUT2D eigenvalue weighted by Crippen LogP contribution is 2.39. The Kier molecular flexibility index (Phi) is 7.66. The van der Waals surface area contributed by atoms with Crippen LogP contribution in [0.3, 0.4) is 0 Å². The largest absolute Gasteiger partial charge is 0.497 e. The van der Waals surface area contributed by atoms with Gasteiger partial charge in [-0.25, -0.2) is 4.79 Å². The van der Waals surface area contributed by atoms with Gasteiger partial charge in [0.25, 0.3) is 5.91 Å². The average molecular weight is 445 g/mol. The normalized spacial score (nSPS) is 19.4. The number of methoxy groups -OCH3 is 2. The van der Waals surface area contributed by atoms with Gasteiger partial charge in [0.2, 0.25) is 0 Å². The first-order chi connectivity index (χ1) is 15.3. The first-order valence-corrected chi connectivity index (χ1v) is 11.4. The summed E-state index contributed by atoms with van der Waals surface area (Å²) in [6, 6.07) is 4.78. The number of amides is 3. The lowest BCUT2D eigenvalue weighted by Gasteiger charge is -2.31. The van der Waals surface area contributed by atoms with Crippen LogP contribution in [0.4, 0.5) is 4.79 Å². The molecule has 0 radical (unpaired) electrons. The topological polar surface area (TPSA) is 74.4 Å². The van der Waals surface area contributed by atoms with Crippen molar-refractivity contribution in [2.45, 2.75) is 45.7 Å². The Bertz CT molecular complexity index is 859. The number of carbonyl (C=O) groups is 2. The molecule has 32 heavy (non-hydrogen) atoms. The van der Waals surface area contributed by atoms with E-state index in [4.69, 9.17) is 9.47 Å². The monoisotopic (exact) mass is 444 g/mol. The fourth-order valence-corrected chi connectivity index (χ4v) is 4.50. The van der Waals surface area contributed by atoms with Crippen LogP contribution in [0.25, 0.3) is 0 Å². The van der Waals surface area contributed by atoms with E-state index in [9.17, 15) is 9.59 Å². The Morgan fingerprint density at radius 1 is 1.12 bits per heavy atom. The Balaban J connectivity index is 1.84. The number of nitrogens with zero attached hydrogens (tertiary/aromatic N) is 3. The smallest absolute Gasteiger partial charge is 0.322 e. The van der Waals surface area contributed by atoms with Crippen molar-refractivity contribution < 1.29 is 19.1 Å². The predicted molar refractivity (Wildman–Crippen MR) is 124 cm³/mol. The van der Waals surface area contributed by atoms with Gasteiger partial charge in [-0.2, -0.15) is 0 Å². The van der Waals surface area contributed by atoms with Crippen molar-refractivity contribution in [3.8, 4) is 11.5 Å². The third-order valence-electron chi connectivity index (χ3n) is 6.62. The number of hydrogen-bond donors (Lipinski definition) is 1. The molecule has 8 heteroatoms. The van der Waals surface area contributed by atoms with Gasteiger partial charge in [-0.1, -0.05) is 13.8 Å². The minimum Gasteiger partial charge on any atom is -0.497 e. The van der Waals surface area contributed by atoms with Crippen LogP contribution in [0.1, 0.15) is 45.2 Å². The zero-order valence-electron chi connectivity index (χ0n) is 20.1. The molecule has 0 aliphatic carbocycles. The fraction of sp³-hybridized carbons (Fsp3) is 0.583. The van der Waals surface area contributed by atoms with Gasteiger partial charge in [-0.3, -0.25) is 9.69 Å². The van der Waals surface area contributed by atoms with Crippen LogP contribution in [0.15, 0.2) is 29.5 Å². The quantitative estimate of drug-likeness (QED) is 0.601. The molecule has 1 aromatic rings. The number of likely N-dealkylation sites (N-methyl/N-ethyl adjacent to an activating group) is 1. The van der Waals surface area contributed by atoms with Gasteiger partial charge >= 0.3 is 6.03 Å². The number of urea groups is 1. The number of hydrogen-bond acceptors (Lipinski definition) is 5. The molecule has 0 spiro atoms. The van der Waals surface area contributed by atoms with E-state index in [2.05, 4.69) is 31.0 Å². The van der Waals surface area contributed by atoms with E-state index in [1.165, 1.54) is 0 Å². The van der Waals surface area contributed by atoms with Crippen LogP contribution in [-0.2, 0) is 4.79 Å². The highest BCUT2D eigenvalue weighted by atomic mass is 16.5. The zero-order chi connectivity index (χ0) is 23.4. The van der Waals surface area contributed by atoms with E-state index in [-0.39, 0.29) is 18.0 Å². The SMILES string of the molecule is CCN(CC)CCCC(C)N1CC2=C(C1=O)C(c1cc(OC)cc(OC)c1)NC(=O)N2C. The fourth-order valence-electron chi connectivity index (χ4n) is 4.50. The molecule has 3 amide bonds. The van der Waals surface area contributed by atoms with Crippen molar-refractivity contribution in [1.82, 2.24) is 20.0 Å². The number of nitrogens with one attached hydrogen (secondary N) is 1. The van der Waals surface area contributed by atoms with Crippen molar-refractivity contribution >= 4 is 11.9 Å². The molecule has 0 saturated carbocycles. The third kappa shape index (κ3) is 4.70. The molecule has 3 rings (SSSR count). The summed E-state index contributed by atoms with van der Waals surface area (Å²) >= 11 is 0. The summed E-state index contributed by atoms with van der Waals surface area (Å²) in [5, 5.41) is 2.98. The summed E-state index contributed by atoms with van der Waals surface area (Å²) in [6.07, 6.45) is 1.95. The van der Waals surface area contributed by atoms with Crippen molar-refractivity contribution in [2.24, 2.45) is 0 Å². The van der Waals surface area contributed by atoms with E-state index in [0.717, 1.165) is 43.7 Å². The van der Waals surface area contributed by atoms with Crippen LogP contribution in [0.5, 0.6) is 11.5 Å². The summed E-state index contributed by atoms with van der Waals surface area (Å²) in [5.41, 5.74) is 2.15. The molecule has 2 aliphatic rings. The minimum atomic E-state index is -0.543.